The normalized spacial score (nSPS) is 12.4. The van der Waals surface area contributed by atoms with E-state index < -0.39 is 0 Å². The third kappa shape index (κ3) is 3.71. The Kier molecular flexibility index (Phi) is 4.98. The summed E-state index contributed by atoms with van der Waals surface area (Å²) in [5, 5.41) is 12.0. The van der Waals surface area contributed by atoms with E-state index in [9.17, 15) is 0 Å². The van der Waals surface area contributed by atoms with Crippen molar-refractivity contribution in [2.75, 3.05) is 6.54 Å². The van der Waals surface area contributed by atoms with Crippen LogP contribution in [0.1, 0.15) is 31.1 Å². The van der Waals surface area contributed by atoms with Crippen LogP contribution in [0.3, 0.4) is 0 Å². The first kappa shape index (κ1) is 14.8. The molecule has 1 aromatic carbocycles. The van der Waals surface area contributed by atoms with E-state index in [0.717, 1.165) is 23.6 Å². The molecule has 0 aliphatic carbocycles. The van der Waals surface area contributed by atoms with Crippen LogP contribution in [-0.2, 0) is 13.7 Å². The SMILES string of the molecule is CCNC(C)c1cc(Cl)ccc1OCc1cn(C)nn1. The van der Waals surface area contributed by atoms with Crippen LogP contribution in [0.25, 0.3) is 0 Å². The summed E-state index contributed by atoms with van der Waals surface area (Å²) in [4.78, 5) is 0. The van der Waals surface area contributed by atoms with Crippen LogP contribution in [0.15, 0.2) is 24.4 Å². The largest absolute Gasteiger partial charge is 0.487 e. The number of ether oxygens (including phenoxy) is 1. The predicted molar refractivity (Wildman–Crippen MR) is 78.9 cm³/mol. The van der Waals surface area contributed by atoms with Crippen molar-refractivity contribution in [3.63, 3.8) is 0 Å². The van der Waals surface area contributed by atoms with E-state index in [-0.39, 0.29) is 6.04 Å². The van der Waals surface area contributed by atoms with E-state index >= 15 is 0 Å². The minimum absolute atomic E-state index is 0.176. The van der Waals surface area contributed by atoms with Gasteiger partial charge in [-0.25, -0.2) is 0 Å². The van der Waals surface area contributed by atoms with Crippen molar-refractivity contribution in [3.05, 3.63) is 40.7 Å². The van der Waals surface area contributed by atoms with Gasteiger partial charge >= 0.3 is 0 Å². The van der Waals surface area contributed by atoms with Crippen molar-refractivity contribution < 1.29 is 4.74 Å². The van der Waals surface area contributed by atoms with Crippen LogP contribution in [0.2, 0.25) is 5.02 Å². The van der Waals surface area contributed by atoms with Gasteiger partial charge in [0, 0.05) is 23.7 Å². The molecule has 0 amide bonds. The maximum Gasteiger partial charge on any atom is 0.134 e. The summed E-state index contributed by atoms with van der Waals surface area (Å²) in [6.45, 7) is 5.43. The monoisotopic (exact) mass is 294 g/mol. The zero-order valence-electron chi connectivity index (χ0n) is 11.9. The third-order valence-corrected chi connectivity index (χ3v) is 3.21. The van der Waals surface area contributed by atoms with E-state index in [1.54, 1.807) is 4.68 Å². The molecule has 0 fully saturated rings. The van der Waals surface area contributed by atoms with Gasteiger partial charge in [-0.2, -0.15) is 0 Å². The van der Waals surface area contributed by atoms with Gasteiger partial charge in [-0.05, 0) is 31.7 Å². The summed E-state index contributed by atoms with van der Waals surface area (Å²) in [6.07, 6.45) is 1.84. The highest BCUT2D eigenvalue weighted by Crippen LogP contribution is 2.28. The van der Waals surface area contributed by atoms with E-state index in [4.69, 9.17) is 16.3 Å². The Hall–Kier alpha value is -1.59. The smallest absolute Gasteiger partial charge is 0.134 e. The molecular weight excluding hydrogens is 276 g/mol. The molecule has 0 saturated heterocycles. The van der Waals surface area contributed by atoms with Gasteiger partial charge < -0.3 is 10.1 Å². The van der Waals surface area contributed by atoms with Gasteiger partial charge in [0.2, 0.25) is 0 Å². The molecule has 1 N–H and O–H groups in total. The van der Waals surface area contributed by atoms with Gasteiger partial charge in [0.1, 0.15) is 18.1 Å². The summed E-state index contributed by atoms with van der Waals surface area (Å²) in [7, 11) is 1.83. The van der Waals surface area contributed by atoms with Crippen LogP contribution in [-0.4, -0.2) is 21.5 Å². The second-order valence-corrected chi connectivity index (χ2v) is 5.07. The maximum absolute atomic E-state index is 6.07. The molecule has 2 aromatic rings. The lowest BCUT2D eigenvalue weighted by molar-refractivity contribution is 0.295. The minimum atomic E-state index is 0.176. The number of nitrogens with zero attached hydrogens (tertiary/aromatic N) is 3. The number of rotatable bonds is 6. The van der Waals surface area contributed by atoms with Crippen molar-refractivity contribution in [2.45, 2.75) is 26.5 Å². The highest BCUT2D eigenvalue weighted by atomic mass is 35.5. The predicted octanol–water partition coefficient (Wildman–Crippen LogP) is 2.72. The average molecular weight is 295 g/mol. The highest BCUT2D eigenvalue weighted by Gasteiger charge is 2.12. The molecule has 0 bridgehead atoms. The number of benzene rings is 1. The fourth-order valence-corrected chi connectivity index (χ4v) is 2.20. The Morgan fingerprint density at radius 3 is 2.90 bits per heavy atom. The molecule has 6 heteroatoms. The fourth-order valence-electron chi connectivity index (χ4n) is 2.02. The van der Waals surface area contributed by atoms with Crippen molar-refractivity contribution in [3.8, 4) is 5.75 Å². The lowest BCUT2D eigenvalue weighted by Crippen LogP contribution is -2.18. The first-order chi connectivity index (χ1) is 9.60. The zero-order chi connectivity index (χ0) is 14.5. The van der Waals surface area contributed by atoms with Crippen LogP contribution in [0.5, 0.6) is 5.75 Å². The Morgan fingerprint density at radius 2 is 2.25 bits per heavy atom. The number of hydrogen-bond acceptors (Lipinski definition) is 4. The molecular formula is C14H19ClN4O. The lowest BCUT2D eigenvalue weighted by atomic mass is 10.1. The second-order valence-electron chi connectivity index (χ2n) is 4.63. The first-order valence-corrected chi connectivity index (χ1v) is 6.98. The molecule has 0 radical (unpaired) electrons. The van der Waals surface area contributed by atoms with E-state index in [1.807, 2.05) is 31.4 Å². The Balaban J connectivity index is 2.13. The quantitative estimate of drug-likeness (QED) is 0.890. The molecule has 20 heavy (non-hydrogen) atoms. The third-order valence-electron chi connectivity index (χ3n) is 2.97. The molecule has 1 atom stereocenters. The summed E-state index contributed by atoms with van der Waals surface area (Å²) in [5.41, 5.74) is 1.84. The van der Waals surface area contributed by atoms with Gasteiger partial charge in [-0.1, -0.05) is 23.7 Å². The number of aromatic nitrogens is 3. The van der Waals surface area contributed by atoms with Crippen molar-refractivity contribution in [1.29, 1.82) is 0 Å². The summed E-state index contributed by atoms with van der Waals surface area (Å²) in [5.74, 6) is 0.813. The molecule has 0 aliphatic heterocycles. The van der Waals surface area contributed by atoms with Gasteiger partial charge in [0.05, 0.1) is 6.20 Å². The van der Waals surface area contributed by atoms with Gasteiger partial charge in [-0.15, -0.1) is 5.10 Å². The fraction of sp³-hybridized carbons (Fsp3) is 0.429. The van der Waals surface area contributed by atoms with Gasteiger partial charge in [-0.3, -0.25) is 4.68 Å². The average Bonchev–Trinajstić information content (AvgIpc) is 2.83. The summed E-state index contributed by atoms with van der Waals surface area (Å²) in [6, 6.07) is 5.83. The molecule has 2 rings (SSSR count). The first-order valence-electron chi connectivity index (χ1n) is 6.61. The number of halogens is 1. The zero-order valence-corrected chi connectivity index (χ0v) is 12.7. The summed E-state index contributed by atoms with van der Waals surface area (Å²) >= 11 is 6.07. The Bertz CT molecular complexity index is 570. The minimum Gasteiger partial charge on any atom is -0.487 e. The molecule has 1 heterocycles. The van der Waals surface area contributed by atoms with Gasteiger partial charge in [0.25, 0.3) is 0 Å². The summed E-state index contributed by atoms with van der Waals surface area (Å²) < 4.78 is 7.50. The van der Waals surface area contributed by atoms with Crippen molar-refractivity contribution in [2.24, 2.45) is 7.05 Å². The maximum atomic E-state index is 6.07. The number of nitrogens with one attached hydrogen (secondary N) is 1. The molecule has 0 spiro atoms. The second kappa shape index (κ2) is 6.72. The Labute approximate surface area is 123 Å². The standard InChI is InChI=1S/C14H19ClN4O/c1-4-16-10(2)13-7-11(15)5-6-14(13)20-9-12-8-19(3)18-17-12/h5-8,10,16H,4,9H2,1-3H3. The van der Waals surface area contributed by atoms with Crippen molar-refractivity contribution >= 4 is 11.6 Å². The highest BCUT2D eigenvalue weighted by molar-refractivity contribution is 6.30. The van der Waals surface area contributed by atoms with E-state index in [1.165, 1.54) is 0 Å². The van der Waals surface area contributed by atoms with Crippen LogP contribution in [0, 0.1) is 0 Å². The van der Waals surface area contributed by atoms with Crippen molar-refractivity contribution in [1.82, 2.24) is 20.3 Å². The molecule has 1 unspecified atom stereocenters. The topological polar surface area (TPSA) is 52.0 Å². The van der Waals surface area contributed by atoms with Crippen LogP contribution in [0.4, 0.5) is 0 Å². The number of aryl methyl sites for hydroxylation is 1. The van der Waals surface area contributed by atoms with Crippen LogP contribution >= 0.6 is 11.6 Å². The molecule has 0 saturated carbocycles. The van der Waals surface area contributed by atoms with Crippen LogP contribution < -0.4 is 10.1 Å². The lowest BCUT2D eigenvalue weighted by Gasteiger charge is -2.17. The van der Waals surface area contributed by atoms with E-state index in [2.05, 4.69) is 29.5 Å². The number of hydrogen-bond donors (Lipinski definition) is 1. The molecule has 0 aliphatic rings. The molecule has 5 nitrogen and oxygen atoms in total. The molecule has 1 aromatic heterocycles. The molecule has 108 valence electrons. The Morgan fingerprint density at radius 1 is 1.45 bits per heavy atom. The van der Waals surface area contributed by atoms with E-state index in [0.29, 0.717) is 11.6 Å². The van der Waals surface area contributed by atoms with Gasteiger partial charge in [0.15, 0.2) is 0 Å².